The molecule has 32 heavy (non-hydrogen) atoms. The van der Waals surface area contributed by atoms with Gasteiger partial charge in [-0.1, -0.05) is 6.07 Å². The third-order valence-electron chi connectivity index (χ3n) is 5.91. The number of nitrogens with zero attached hydrogens (tertiary/aromatic N) is 3. The topological polar surface area (TPSA) is 94.5 Å². The van der Waals surface area contributed by atoms with E-state index < -0.39 is 17.2 Å². The lowest BCUT2D eigenvalue weighted by Gasteiger charge is -2.24. The zero-order valence-corrected chi connectivity index (χ0v) is 18.4. The number of hydrogen-bond donors (Lipinski definition) is 2. The maximum Gasteiger partial charge on any atom is 0.258 e. The third kappa shape index (κ3) is 4.57. The fourth-order valence-electron chi connectivity index (χ4n) is 3.81. The SMILES string of the molecule is Cc1cn2c(CC(=O)NCC(C)(N)C3CC3)c(C)nc2c(OCc2c(F)cccc2F)n1. The molecule has 170 valence electrons. The number of carbonyl (C=O) groups excluding carboxylic acids is 1. The number of aryl methyl sites for hydroxylation is 2. The van der Waals surface area contributed by atoms with Gasteiger partial charge in [-0.25, -0.2) is 18.7 Å². The van der Waals surface area contributed by atoms with E-state index in [0.29, 0.717) is 35.2 Å². The lowest BCUT2D eigenvalue weighted by atomic mass is 9.97. The molecule has 3 N–H and O–H groups in total. The highest BCUT2D eigenvalue weighted by Crippen LogP contribution is 2.37. The second kappa shape index (κ2) is 8.46. The van der Waals surface area contributed by atoms with Crippen LogP contribution >= 0.6 is 0 Å². The number of nitrogens with one attached hydrogen (secondary N) is 1. The van der Waals surface area contributed by atoms with Crippen LogP contribution in [-0.2, 0) is 17.8 Å². The number of carbonyl (C=O) groups is 1. The molecule has 1 aliphatic rings. The number of imidazole rings is 1. The molecule has 1 aromatic carbocycles. The standard InChI is InChI=1S/C23H27F2N5O2/c1-13-10-30-19(9-20(31)27-12-23(3,26)15-7-8-15)14(2)29-21(30)22(28-13)32-11-16-17(24)5-4-6-18(16)25/h4-6,10,15H,7-9,11-12,26H2,1-3H3,(H,27,31). The van der Waals surface area contributed by atoms with E-state index in [0.717, 1.165) is 12.8 Å². The van der Waals surface area contributed by atoms with Gasteiger partial charge >= 0.3 is 0 Å². The van der Waals surface area contributed by atoms with Gasteiger partial charge < -0.3 is 15.8 Å². The first-order valence-electron chi connectivity index (χ1n) is 10.6. The minimum Gasteiger partial charge on any atom is -0.470 e. The van der Waals surface area contributed by atoms with Gasteiger partial charge in [0.15, 0.2) is 0 Å². The van der Waals surface area contributed by atoms with Crippen molar-refractivity contribution in [1.82, 2.24) is 19.7 Å². The van der Waals surface area contributed by atoms with E-state index in [-0.39, 0.29) is 30.4 Å². The molecule has 3 aromatic rings. The van der Waals surface area contributed by atoms with Crippen molar-refractivity contribution in [2.45, 2.75) is 52.2 Å². The van der Waals surface area contributed by atoms with Gasteiger partial charge in [0, 0.05) is 18.3 Å². The van der Waals surface area contributed by atoms with Crippen molar-refractivity contribution in [3.05, 3.63) is 58.7 Å². The summed E-state index contributed by atoms with van der Waals surface area (Å²) in [6.07, 6.45) is 4.06. The Kier molecular flexibility index (Phi) is 5.85. The smallest absolute Gasteiger partial charge is 0.258 e. The Morgan fingerprint density at radius 2 is 1.97 bits per heavy atom. The van der Waals surface area contributed by atoms with Gasteiger partial charge in [-0.3, -0.25) is 9.20 Å². The van der Waals surface area contributed by atoms with E-state index >= 15 is 0 Å². The zero-order chi connectivity index (χ0) is 23.0. The second-order valence-corrected chi connectivity index (χ2v) is 8.75. The normalized spacial score (nSPS) is 15.6. The lowest BCUT2D eigenvalue weighted by molar-refractivity contribution is -0.120. The van der Waals surface area contributed by atoms with Crippen molar-refractivity contribution in [1.29, 1.82) is 0 Å². The summed E-state index contributed by atoms with van der Waals surface area (Å²) in [5.74, 6) is -0.941. The van der Waals surface area contributed by atoms with Crippen LogP contribution in [-0.4, -0.2) is 32.4 Å². The van der Waals surface area contributed by atoms with E-state index in [1.54, 1.807) is 24.4 Å². The summed E-state index contributed by atoms with van der Waals surface area (Å²) in [7, 11) is 0. The van der Waals surface area contributed by atoms with E-state index in [4.69, 9.17) is 10.5 Å². The maximum atomic E-state index is 14.0. The predicted octanol–water partition coefficient (Wildman–Crippen LogP) is 2.99. The van der Waals surface area contributed by atoms with Crippen LogP contribution in [0.4, 0.5) is 8.78 Å². The Labute approximate surface area is 185 Å². The van der Waals surface area contributed by atoms with Crippen LogP contribution < -0.4 is 15.8 Å². The molecule has 9 heteroatoms. The van der Waals surface area contributed by atoms with Gasteiger partial charge in [0.05, 0.1) is 29.1 Å². The number of fused-ring (bicyclic) bond motifs is 1. The molecule has 7 nitrogen and oxygen atoms in total. The Bertz CT molecular complexity index is 1150. The van der Waals surface area contributed by atoms with Crippen LogP contribution in [0.5, 0.6) is 5.88 Å². The van der Waals surface area contributed by atoms with E-state index in [1.807, 2.05) is 6.92 Å². The van der Waals surface area contributed by atoms with Crippen molar-refractivity contribution >= 4 is 11.6 Å². The third-order valence-corrected chi connectivity index (χ3v) is 5.91. The highest BCUT2D eigenvalue weighted by atomic mass is 19.1. The molecule has 2 aromatic heterocycles. The molecule has 0 saturated heterocycles. The zero-order valence-electron chi connectivity index (χ0n) is 18.4. The first-order chi connectivity index (χ1) is 15.2. The number of hydrogen-bond acceptors (Lipinski definition) is 5. The predicted molar refractivity (Wildman–Crippen MR) is 115 cm³/mol. The van der Waals surface area contributed by atoms with Crippen molar-refractivity contribution in [2.75, 3.05) is 6.54 Å². The molecule has 1 atom stereocenters. The molecule has 1 aliphatic carbocycles. The van der Waals surface area contributed by atoms with E-state index in [9.17, 15) is 13.6 Å². The molecule has 1 amide bonds. The summed E-state index contributed by atoms with van der Waals surface area (Å²) in [5, 5.41) is 2.93. The minimum absolute atomic E-state index is 0.110. The van der Waals surface area contributed by atoms with Crippen molar-refractivity contribution in [3.8, 4) is 5.88 Å². The maximum absolute atomic E-state index is 14.0. The quantitative estimate of drug-likeness (QED) is 0.558. The molecule has 0 bridgehead atoms. The number of aromatic nitrogens is 3. The highest BCUT2D eigenvalue weighted by molar-refractivity contribution is 5.79. The molecule has 1 unspecified atom stereocenters. The number of amides is 1. The van der Waals surface area contributed by atoms with E-state index in [2.05, 4.69) is 15.3 Å². The molecule has 0 aliphatic heterocycles. The Morgan fingerprint density at radius 1 is 1.28 bits per heavy atom. The summed E-state index contributed by atoms with van der Waals surface area (Å²) < 4.78 is 35.3. The number of ether oxygens (including phenoxy) is 1. The monoisotopic (exact) mass is 443 g/mol. The molecule has 4 rings (SSSR count). The first kappa shape index (κ1) is 22.1. The number of benzene rings is 1. The van der Waals surface area contributed by atoms with Crippen LogP contribution in [0, 0.1) is 31.4 Å². The molecule has 0 spiro atoms. The summed E-state index contributed by atoms with van der Waals surface area (Å²) in [5.41, 5.74) is 8.04. The van der Waals surface area contributed by atoms with Gasteiger partial charge in [0.1, 0.15) is 18.2 Å². The van der Waals surface area contributed by atoms with Crippen molar-refractivity contribution < 1.29 is 18.3 Å². The van der Waals surface area contributed by atoms with E-state index in [1.165, 1.54) is 18.2 Å². The van der Waals surface area contributed by atoms with Gasteiger partial charge in [-0.2, -0.15) is 0 Å². The molecule has 2 heterocycles. The van der Waals surface area contributed by atoms with Crippen LogP contribution in [0.15, 0.2) is 24.4 Å². The van der Waals surface area contributed by atoms with Gasteiger partial charge in [0.2, 0.25) is 11.6 Å². The van der Waals surface area contributed by atoms with Crippen LogP contribution in [0.2, 0.25) is 0 Å². The highest BCUT2D eigenvalue weighted by Gasteiger charge is 2.38. The Morgan fingerprint density at radius 3 is 2.62 bits per heavy atom. The largest absolute Gasteiger partial charge is 0.470 e. The number of nitrogens with two attached hydrogens (primary N) is 1. The van der Waals surface area contributed by atoms with Crippen LogP contribution in [0.3, 0.4) is 0 Å². The average molecular weight is 443 g/mol. The molecule has 1 fully saturated rings. The Balaban J connectivity index is 1.54. The number of rotatable bonds is 8. The molecule has 0 radical (unpaired) electrons. The fourth-order valence-corrected chi connectivity index (χ4v) is 3.81. The summed E-state index contributed by atoms with van der Waals surface area (Å²) in [6, 6.07) is 3.64. The fraction of sp³-hybridized carbons (Fsp3) is 0.435. The second-order valence-electron chi connectivity index (χ2n) is 8.75. The molecular formula is C23H27F2N5O2. The summed E-state index contributed by atoms with van der Waals surface area (Å²) in [4.78, 5) is 21.4. The molecule has 1 saturated carbocycles. The average Bonchev–Trinajstić information content (AvgIpc) is 3.54. The van der Waals surface area contributed by atoms with Crippen LogP contribution in [0.25, 0.3) is 5.65 Å². The van der Waals surface area contributed by atoms with Crippen molar-refractivity contribution in [2.24, 2.45) is 11.7 Å². The summed E-state index contributed by atoms with van der Waals surface area (Å²) in [6.45, 7) is 5.60. The van der Waals surface area contributed by atoms with Gasteiger partial charge in [-0.15, -0.1) is 0 Å². The molecular weight excluding hydrogens is 416 g/mol. The first-order valence-corrected chi connectivity index (χ1v) is 10.6. The lowest BCUT2D eigenvalue weighted by Crippen LogP contribution is -2.49. The van der Waals surface area contributed by atoms with Crippen LogP contribution in [0.1, 0.15) is 42.4 Å². The summed E-state index contributed by atoms with van der Waals surface area (Å²) >= 11 is 0. The minimum atomic E-state index is -0.691. The number of halogens is 2. The Hall–Kier alpha value is -3.07. The van der Waals surface area contributed by atoms with Gasteiger partial charge in [0.25, 0.3) is 5.88 Å². The van der Waals surface area contributed by atoms with Crippen molar-refractivity contribution in [3.63, 3.8) is 0 Å². The van der Waals surface area contributed by atoms with Gasteiger partial charge in [-0.05, 0) is 51.7 Å².